The normalized spacial score (nSPS) is 11.8. The number of nitrogens with one attached hydrogen (secondary N) is 1. The van der Waals surface area contributed by atoms with Crippen molar-refractivity contribution in [3.8, 4) is 0 Å². The van der Waals surface area contributed by atoms with E-state index >= 15 is 0 Å². The standard InChI is InChI=1S/C19H25FN2O3S/c1-6-7-17(23)21-19-18(13(4)14(5)22(19)12(2)3)26(24,25)16-10-8-15(20)9-11-16/h8-12H,6-7H2,1-5H3,(H,21,23). The van der Waals surface area contributed by atoms with Crippen LogP contribution >= 0.6 is 0 Å². The van der Waals surface area contributed by atoms with Gasteiger partial charge in [-0.05, 0) is 63.9 Å². The Morgan fingerprint density at radius 1 is 1.19 bits per heavy atom. The summed E-state index contributed by atoms with van der Waals surface area (Å²) in [5.74, 6) is -0.465. The molecule has 0 aliphatic heterocycles. The highest BCUT2D eigenvalue weighted by Crippen LogP contribution is 2.37. The summed E-state index contributed by atoms with van der Waals surface area (Å²) in [5, 5.41) is 2.78. The number of benzene rings is 1. The van der Waals surface area contributed by atoms with E-state index in [0.717, 1.165) is 17.8 Å². The number of anilines is 1. The first kappa shape index (κ1) is 20.2. The lowest BCUT2D eigenvalue weighted by Crippen LogP contribution is -2.18. The van der Waals surface area contributed by atoms with Crippen LogP contribution in [0.4, 0.5) is 10.2 Å². The van der Waals surface area contributed by atoms with Crippen molar-refractivity contribution in [3.63, 3.8) is 0 Å². The van der Waals surface area contributed by atoms with E-state index in [1.807, 2.05) is 32.3 Å². The summed E-state index contributed by atoms with van der Waals surface area (Å²) in [5.41, 5.74) is 1.35. The zero-order valence-corrected chi connectivity index (χ0v) is 16.6. The van der Waals surface area contributed by atoms with Crippen molar-refractivity contribution in [2.75, 3.05) is 5.32 Å². The molecule has 1 aromatic carbocycles. The fourth-order valence-corrected chi connectivity index (χ4v) is 4.73. The second-order valence-corrected chi connectivity index (χ2v) is 8.49. The van der Waals surface area contributed by atoms with Crippen molar-refractivity contribution in [1.29, 1.82) is 0 Å². The Kier molecular flexibility index (Phi) is 5.91. The molecule has 0 fully saturated rings. The largest absolute Gasteiger partial charge is 0.328 e. The first-order valence-electron chi connectivity index (χ1n) is 8.63. The van der Waals surface area contributed by atoms with E-state index in [9.17, 15) is 17.6 Å². The molecule has 1 amide bonds. The van der Waals surface area contributed by atoms with Crippen molar-refractivity contribution >= 4 is 21.6 Å². The molecule has 2 aromatic rings. The van der Waals surface area contributed by atoms with E-state index < -0.39 is 15.7 Å². The Labute approximate surface area is 154 Å². The van der Waals surface area contributed by atoms with Crippen LogP contribution in [0.25, 0.3) is 0 Å². The van der Waals surface area contributed by atoms with Gasteiger partial charge in [0.25, 0.3) is 0 Å². The van der Waals surface area contributed by atoms with Crippen molar-refractivity contribution in [2.45, 2.75) is 63.3 Å². The fraction of sp³-hybridized carbons (Fsp3) is 0.421. The lowest BCUT2D eigenvalue weighted by molar-refractivity contribution is -0.116. The molecule has 0 bridgehead atoms. The highest BCUT2D eigenvalue weighted by molar-refractivity contribution is 7.91. The average Bonchev–Trinajstić information content (AvgIpc) is 2.79. The lowest BCUT2D eigenvalue weighted by Gasteiger charge is -2.17. The average molecular weight is 380 g/mol. The van der Waals surface area contributed by atoms with E-state index in [0.29, 0.717) is 18.4 Å². The van der Waals surface area contributed by atoms with Gasteiger partial charge in [0.1, 0.15) is 16.5 Å². The zero-order valence-electron chi connectivity index (χ0n) is 15.8. The summed E-state index contributed by atoms with van der Waals surface area (Å²) in [4.78, 5) is 12.3. The minimum absolute atomic E-state index is 0.00565. The molecule has 0 saturated heterocycles. The molecular formula is C19H25FN2O3S. The number of carbonyl (C=O) groups is 1. The summed E-state index contributed by atoms with van der Waals surface area (Å²) in [6.45, 7) is 9.29. The monoisotopic (exact) mass is 380 g/mol. The molecule has 7 heteroatoms. The van der Waals surface area contributed by atoms with Gasteiger partial charge in [-0.15, -0.1) is 0 Å². The van der Waals surface area contributed by atoms with Crippen LogP contribution in [0.5, 0.6) is 0 Å². The highest BCUT2D eigenvalue weighted by Gasteiger charge is 2.31. The number of hydrogen-bond acceptors (Lipinski definition) is 3. The Hall–Kier alpha value is -2.15. The van der Waals surface area contributed by atoms with Gasteiger partial charge in [0, 0.05) is 18.2 Å². The van der Waals surface area contributed by atoms with E-state index in [-0.39, 0.29) is 27.6 Å². The van der Waals surface area contributed by atoms with Crippen molar-refractivity contribution in [1.82, 2.24) is 4.57 Å². The van der Waals surface area contributed by atoms with Crippen LogP contribution in [0, 0.1) is 19.7 Å². The molecule has 1 N–H and O–H groups in total. The van der Waals surface area contributed by atoms with Gasteiger partial charge < -0.3 is 9.88 Å². The maximum atomic E-state index is 13.2. The molecule has 5 nitrogen and oxygen atoms in total. The third-order valence-electron chi connectivity index (χ3n) is 4.34. The predicted molar refractivity (Wildman–Crippen MR) is 99.7 cm³/mol. The number of nitrogens with zero attached hydrogens (tertiary/aromatic N) is 1. The molecule has 0 spiro atoms. The van der Waals surface area contributed by atoms with Crippen molar-refractivity contribution in [2.24, 2.45) is 0 Å². The van der Waals surface area contributed by atoms with Gasteiger partial charge in [0.2, 0.25) is 15.7 Å². The molecule has 2 rings (SSSR count). The Balaban J connectivity index is 2.72. The lowest BCUT2D eigenvalue weighted by atomic mass is 10.3. The molecule has 0 unspecified atom stereocenters. The molecule has 0 radical (unpaired) electrons. The third kappa shape index (κ3) is 3.67. The van der Waals surface area contributed by atoms with Crippen LogP contribution in [0.1, 0.15) is 50.9 Å². The number of rotatable bonds is 6. The molecule has 0 atom stereocenters. The van der Waals surface area contributed by atoms with Gasteiger partial charge in [0.15, 0.2) is 0 Å². The van der Waals surface area contributed by atoms with Gasteiger partial charge >= 0.3 is 0 Å². The van der Waals surface area contributed by atoms with E-state index in [2.05, 4.69) is 5.32 Å². The van der Waals surface area contributed by atoms with E-state index in [4.69, 9.17) is 0 Å². The van der Waals surface area contributed by atoms with Gasteiger partial charge in [-0.3, -0.25) is 4.79 Å². The molecule has 1 heterocycles. The van der Waals surface area contributed by atoms with Crippen LogP contribution < -0.4 is 5.32 Å². The Morgan fingerprint density at radius 2 is 1.77 bits per heavy atom. The second kappa shape index (κ2) is 7.61. The number of halogens is 1. The maximum Gasteiger partial charge on any atom is 0.225 e. The predicted octanol–water partition coefficient (Wildman–Crippen LogP) is 4.40. The fourth-order valence-electron chi connectivity index (χ4n) is 3.04. The second-order valence-electron chi connectivity index (χ2n) is 6.61. The summed E-state index contributed by atoms with van der Waals surface area (Å²) < 4.78 is 41.5. The smallest absolute Gasteiger partial charge is 0.225 e. The molecule has 0 aliphatic carbocycles. The molecule has 0 aliphatic rings. The molecule has 1 aromatic heterocycles. The summed E-state index contributed by atoms with van der Waals surface area (Å²) in [6.07, 6.45) is 0.962. The SMILES string of the molecule is CCCC(=O)Nc1c(S(=O)(=O)c2ccc(F)cc2)c(C)c(C)n1C(C)C. The minimum Gasteiger partial charge on any atom is -0.328 e. The summed E-state index contributed by atoms with van der Waals surface area (Å²) >= 11 is 0. The molecular weight excluding hydrogens is 355 g/mol. The first-order valence-corrected chi connectivity index (χ1v) is 10.1. The van der Waals surface area contributed by atoms with Gasteiger partial charge in [-0.1, -0.05) is 6.92 Å². The van der Waals surface area contributed by atoms with Gasteiger partial charge in [-0.2, -0.15) is 0 Å². The number of hydrogen-bond donors (Lipinski definition) is 1. The van der Waals surface area contributed by atoms with Crippen molar-refractivity contribution in [3.05, 3.63) is 41.3 Å². The Morgan fingerprint density at radius 3 is 2.27 bits per heavy atom. The summed E-state index contributed by atoms with van der Waals surface area (Å²) in [7, 11) is -3.92. The summed E-state index contributed by atoms with van der Waals surface area (Å²) in [6, 6.07) is 4.67. The number of amides is 1. The van der Waals surface area contributed by atoms with E-state index in [1.165, 1.54) is 12.1 Å². The molecule has 142 valence electrons. The number of aromatic nitrogens is 1. The molecule has 26 heavy (non-hydrogen) atoms. The third-order valence-corrected chi connectivity index (χ3v) is 6.27. The van der Waals surface area contributed by atoms with Crippen LogP contribution in [0.15, 0.2) is 34.1 Å². The van der Waals surface area contributed by atoms with Crippen LogP contribution in [-0.4, -0.2) is 18.9 Å². The maximum absolute atomic E-state index is 13.2. The van der Waals surface area contributed by atoms with Crippen LogP contribution in [0.3, 0.4) is 0 Å². The zero-order chi connectivity index (χ0) is 19.6. The number of sulfone groups is 1. The first-order chi connectivity index (χ1) is 12.1. The van der Waals surface area contributed by atoms with Crippen LogP contribution in [-0.2, 0) is 14.6 Å². The van der Waals surface area contributed by atoms with E-state index in [1.54, 1.807) is 6.92 Å². The minimum atomic E-state index is -3.92. The topological polar surface area (TPSA) is 68.2 Å². The van der Waals surface area contributed by atoms with Crippen molar-refractivity contribution < 1.29 is 17.6 Å². The van der Waals surface area contributed by atoms with Gasteiger partial charge in [0.05, 0.1) is 4.90 Å². The van der Waals surface area contributed by atoms with Crippen LogP contribution in [0.2, 0.25) is 0 Å². The quantitative estimate of drug-likeness (QED) is 0.756. The molecule has 0 saturated carbocycles. The van der Waals surface area contributed by atoms with Gasteiger partial charge in [-0.25, -0.2) is 12.8 Å². The number of carbonyl (C=O) groups excluding carboxylic acids is 1. The Bertz CT molecular complexity index is 913. The highest BCUT2D eigenvalue weighted by atomic mass is 32.2.